The molecule has 0 aromatic heterocycles. The highest BCUT2D eigenvalue weighted by molar-refractivity contribution is 7.99. The van der Waals surface area contributed by atoms with Crippen molar-refractivity contribution >= 4 is 29.7 Å². The zero-order valence-electron chi connectivity index (χ0n) is 25.1. The van der Waals surface area contributed by atoms with E-state index in [0.29, 0.717) is 17.1 Å². The first-order chi connectivity index (χ1) is 18.8. The van der Waals surface area contributed by atoms with Crippen LogP contribution in [0.3, 0.4) is 0 Å². The normalized spacial score (nSPS) is 13.6. The summed E-state index contributed by atoms with van der Waals surface area (Å²) in [6.45, 7) is 13.7. The quantitative estimate of drug-likeness (QED) is 0.0684. The minimum atomic E-state index is -1.05. The van der Waals surface area contributed by atoms with Crippen molar-refractivity contribution in [1.82, 2.24) is 16.1 Å². The Balaban J connectivity index is 2.73. The van der Waals surface area contributed by atoms with Gasteiger partial charge in [0.15, 0.2) is 0 Å². The van der Waals surface area contributed by atoms with E-state index in [9.17, 15) is 14.4 Å². The molecular weight excluding hydrogens is 524 g/mol. The van der Waals surface area contributed by atoms with E-state index in [-0.39, 0.29) is 0 Å². The standard InChI is InChI=1S/C31H48N4O4S/c1-22(2)13-11-14-23(3)15-12-16-24(4)19-20-40-21-26(28(36)35-32)33-29(37)27(25-17-9-8-10-18-25)34-30(38)39-31(5,6)7/h8-10,13,15,17-19,26-27H,11-12,14,16,20-21,32H2,1-7H3,(H,33,37)(H,34,38)(H,35,36)/t26-,27?/m0/s1. The summed E-state index contributed by atoms with van der Waals surface area (Å²) < 4.78 is 5.34. The predicted molar refractivity (Wildman–Crippen MR) is 166 cm³/mol. The summed E-state index contributed by atoms with van der Waals surface area (Å²) in [6, 6.07) is 6.87. The number of amides is 3. The molecular formula is C31H48N4O4S. The number of alkyl carbamates (subject to hydrolysis) is 1. The summed E-state index contributed by atoms with van der Waals surface area (Å²) in [5.41, 5.74) is 5.98. The van der Waals surface area contributed by atoms with Crippen LogP contribution in [0.5, 0.6) is 0 Å². The van der Waals surface area contributed by atoms with E-state index in [1.807, 2.05) is 6.07 Å². The largest absolute Gasteiger partial charge is 0.444 e. The fourth-order valence-corrected chi connectivity index (χ4v) is 4.64. The first-order valence-electron chi connectivity index (χ1n) is 13.7. The molecule has 5 N–H and O–H groups in total. The van der Waals surface area contributed by atoms with Crippen molar-refractivity contribution in [3.05, 3.63) is 70.8 Å². The molecule has 0 spiro atoms. The third-order valence-corrected chi connectivity index (χ3v) is 6.76. The Morgan fingerprint density at radius 2 is 1.50 bits per heavy atom. The van der Waals surface area contributed by atoms with Crippen LogP contribution in [-0.2, 0) is 14.3 Å². The molecule has 1 unspecified atom stereocenters. The molecule has 0 saturated carbocycles. The Hall–Kier alpha value is -3.04. The molecule has 0 saturated heterocycles. The second kappa shape index (κ2) is 18.3. The van der Waals surface area contributed by atoms with Gasteiger partial charge in [-0.25, -0.2) is 10.6 Å². The Morgan fingerprint density at radius 3 is 2.08 bits per heavy atom. The third kappa shape index (κ3) is 15.5. The molecule has 0 radical (unpaired) electrons. The molecule has 0 aliphatic rings. The molecule has 0 bridgehead atoms. The molecule has 3 amide bonds. The van der Waals surface area contributed by atoms with E-state index >= 15 is 0 Å². The lowest BCUT2D eigenvalue weighted by molar-refractivity contribution is -0.129. The van der Waals surface area contributed by atoms with Crippen molar-refractivity contribution in [2.75, 3.05) is 11.5 Å². The van der Waals surface area contributed by atoms with E-state index < -0.39 is 35.6 Å². The minimum absolute atomic E-state index is 0.315. The Kier molecular flexibility index (Phi) is 16.0. The lowest BCUT2D eigenvalue weighted by Gasteiger charge is -2.25. The van der Waals surface area contributed by atoms with Gasteiger partial charge < -0.3 is 15.4 Å². The second-order valence-electron chi connectivity index (χ2n) is 11.1. The van der Waals surface area contributed by atoms with Crippen molar-refractivity contribution in [1.29, 1.82) is 0 Å². The Bertz CT molecular complexity index is 1040. The minimum Gasteiger partial charge on any atom is -0.444 e. The summed E-state index contributed by atoms with van der Waals surface area (Å²) in [5, 5.41) is 5.36. The van der Waals surface area contributed by atoms with Crippen molar-refractivity contribution < 1.29 is 19.1 Å². The van der Waals surface area contributed by atoms with Gasteiger partial charge in [0.2, 0.25) is 5.91 Å². The molecule has 222 valence electrons. The number of thioether (sulfide) groups is 1. The van der Waals surface area contributed by atoms with Gasteiger partial charge in [-0.05, 0) is 79.7 Å². The van der Waals surface area contributed by atoms with Gasteiger partial charge in [-0.2, -0.15) is 11.8 Å². The first kappa shape index (κ1) is 35.0. The molecule has 0 heterocycles. The van der Waals surface area contributed by atoms with E-state index in [1.165, 1.54) is 28.5 Å². The van der Waals surface area contributed by atoms with E-state index in [2.05, 4.69) is 62.0 Å². The maximum absolute atomic E-state index is 13.3. The van der Waals surface area contributed by atoms with Gasteiger partial charge in [0.1, 0.15) is 17.7 Å². The van der Waals surface area contributed by atoms with Crippen molar-refractivity contribution in [2.24, 2.45) is 5.84 Å². The number of hydrogen-bond donors (Lipinski definition) is 4. The number of nitrogens with two attached hydrogens (primary N) is 1. The topological polar surface area (TPSA) is 123 Å². The molecule has 9 heteroatoms. The zero-order chi connectivity index (χ0) is 30.1. The summed E-state index contributed by atoms with van der Waals surface area (Å²) in [7, 11) is 0. The summed E-state index contributed by atoms with van der Waals surface area (Å²) >= 11 is 1.52. The van der Waals surface area contributed by atoms with Crippen LogP contribution in [0.2, 0.25) is 0 Å². The molecule has 0 aliphatic carbocycles. The van der Waals surface area contributed by atoms with Gasteiger partial charge in [0, 0.05) is 11.5 Å². The van der Waals surface area contributed by atoms with E-state index in [0.717, 1.165) is 25.7 Å². The number of carbonyl (C=O) groups is 3. The summed E-state index contributed by atoms with van der Waals surface area (Å²) in [5.74, 6) is 5.35. The van der Waals surface area contributed by atoms with Crippen molar-refractivity contribution in [2.45, 2.75) is 91.8 Å². The number of carbonyl (C=O) groups excluding carboxylic acids is 3. The van der Waals surface area contributed by atoms with Gasteiger partial charge in [-0.15, -0.1) is 0 Å². The molecule has 2 atom stereocenters. The highest BCUT2D eigenvalue weighted by Gasteiger charge is 2.29. The van der Waals surface area contributed by atoms with Crippen LogP contribution >= 0.6 is 11.8 Å². The molecule has 0 fully saturated rings. The average Bonchev–Trinajstić information content (AvgIpc) is 2.87. The predicted octanol–water partition coefficient (Wildman–Crippen LogP) is 5.88. The SMILES string of the molecule is CC(C)=CCCC(C)=CCCC(C)=CCSC[C@H](NC(=O)C(NC(=O)OC(C)(C)C)c1ccccc1)C(=O)NN. The fourth-order valence-electron chi connectivity index (χ4n) is 3.64. The zero-order valence-corrected chi connectivity index (χ0v) is 26.0. The average molecular weight is 573 g/mol. The van der Waals surface area contributed by atoms with Gasteiger partial charge in [-0.1, -0.05) is 65.3 Å². The Labute approximate surface area is 244 Å². The number of benzene rings is 1. The van der Waals surface area contributed by atoms with Crippen LogP contribution < -0.4 is 21.9 Å². The van der Waals surface area contributed by atoms with Crippen LogP contribution in [0.25, 0.3) is 0 Å². The maximum atomic E-state index is 13.3. The van der Waals surface area contributed by atoms with Gasteiger partial charge in [0.25, 0.3) is 5.91 Å². The number of rotatable bonds is 15. The first-order valence-corrected chi connectivity index (χ1v) is 14.9. The summed E-state index contributed by atoms with van der Waals surface area (Å²) in [6.07, 6.45) is 10.1. The smallest absolute Gasteiger partial charge is 0.408 e. The maximum Gasteiger partial charge on any atom is 0.408 e. The third-order valence-electron chi connectivity index (χ3n) is 5.79. The molecule has 1 aromatic carbocycles. The molecule has 1 rings (SSSR count). The Morgan fingerprint density at radius 1 is 0.900 bits per heavy atom. The summed E-state index contributed by atoms with van der Waals surface area (Å²) in [4.78, 5) is 38.2. The highest BCUT2D eigenvalue weighted by Crippen LogP contribution is 2.17. The van der Waals surface area contributed by atoms with Crippen molar-refractivity contribution in [3.63, 3.8) is 0 Å². The number of nitrogens with one attached hydrogen (secondary N) is 3. The molecule has 8 nitrogen and oxygen atoms in total. The van der Waals surface area contributed by atoms with Gasteiger partial charge in [0.05, 0.1) is 0 Å². The van der Waals surface area contributed by atoms with E-state index in [4.69, 9.17) is 10.6 Å². The monoisotopic (exact) mass is 572 g/mol. The molecule has 0 aliphatic heterocycles. The molecule has 1 aromatic rings. The van der Waals surface area contributed by atoms with Crippen LogP contribution in [-0.4, -0.2) is 41.1 Å². The van der Waals surface area contributed by atoms with Crippen LogP contribution in [0, 0.1) is 0 Å². The second-order valence-corrected chi connectivity index (χ2v) is 12.1. The van der Waals surface area contributed by atoms with Crippen LogP contribution in [0.15, 0.2) is 65.3 Å². The van der Waals surface area contributed by atoms with Crippen LogP contribution in [0.1, 0.15) is 85.8 Å². The van der Waals surface area contributed by atoms with E-state index in [1.54, 1.807) is 45.0 Å². The van der Waals surface area contributed by atoms with Crippen molar-refractivity contribution in [3.8, 4) is 0 Å². The van der Waals surface area contributed by atoms with Crippen LogP contribution in [0.4, 0.5) is 4.79 Å². The lowest BCUT2D eigenvalue weighted by Crippen LogP contribution is -2.53. The number of hydrazine groups is 1. The number of hydrogen-bond acceptors (Lipinski definition) is 6. The molecule has 40 heavy (non-hydrogen) atoms. The lowest BCUT2D eigenvalue weighted by atomic mass is 10.1. The highest BCUT2D eigenvalue weighted by atomic mass is 32.2. The fraction of sp³-hybridized carbons (Fsp3) is 0.516. The number of allylic oxidation sites excluding steroid dienone is 5. The number of ether oxygens (including phenoxy) is 1. The van der Waals surface area contributed by atoms with Gasteiger partial charge >= 0.3 is 6.09 Å². The van der Waals surface area contributed by atoms with Gasteiger partial charge in [-0.3, -0.25) is 15.0 Å².